The van der Waals surface area contributed by atoms with E-state index in [-0.39, 0.29) is 24.4 Å². The zero-order chi connectivity index (χ0) is 16.7. The second-order valence-electron chi connectivity index (χ2n) is 5.96. The Bertz CT molecular complexity index is 507. The van der Waals surface area contributed by atoms with E-state index in [2.05, 4.69) is 36.2 Å². The summed E-state index contributed by atoms with van der Waals surface area (Å²) in [4.78, 5) is 16.6. The summed E-state index contributed by atoms with van der Waals surface area (Å²) in [6.45, 7) is 9.52. The van der Waals surface area contributed by atoms with Crippen molar-refractivity contribution in [2.24, 2.45) is 0 Å². The number of carbonyl (C=O) groups is 1. The Hall–Kier alpha value is -1.30. The fourth-order valence-electron chi connectivity index (χ4n) is 3.05. The molecule has 1 fully saturated rings. The van der Waals surface area contributed by atoms with Crippen LogP contribution < -0.4 is 10.1 Å². The Morgan fingerprint density at radius 2 is 2.08 bits per heavy atom. The summed E-state index contributed by atoms with van der Waals surface area (Å²) in [5, 5.41) is 3.28. The Balaban J connectivity index is 0.00000288. The Morgan fingerprint density at radius 3 is 2.71 bits per heavy atom. The highest BCUT2D eigenvalue weighted by Gasteiger charge is 2.19. The molecule has 1 N–H and O–H groups in total. The van der Waals surface area contributed by atoms with Crippen LogP contribution in [-0.2, 0) is 4.79 Å². The Labute approximate surface area is 151 Å². The molecule has 0 spiro atoms. The lowest BCUT2D eigenvalue weighted by Gasteiger charge is -2.31. The predicted molar refractivity (Wildman–Crippen MR) is 100.0 cm³/mol. The molecular weight excluding hydrogens is 326 g/mol. The van der Waals surface area contributed by atoms with E-state index in [0.717, 1.165) is 45.0 Å². The van der Waals surface area contributed by atoms with Gasteiger partial charge in [-0.05, 0) is 31.2 Å². The first kappa shape index (κ1) is 20.7. The van der Waals surface area contributed by atoms with Crippen molar-refractivity contribution in [3.05, 3.63) is 29.8 Å². The standard InChI is InChI=1S/C18H29N3O2.ClH/c1-4-20(11-8-18(22)21-12-9-19-10-13-21)15(2)16-6-5-7-17(14-16)23-3;/h5-7,14-15,19H,4,8-13H2,1-3H3;1H. The van der Waals surface area contributed by atoms with Gasteiger partial charge in [0.1, 0.15) is 5.75 Å². The fourth-order valence-corrected chi connectivity index (χ4v) is 3.05. The number of rotatable bonds is 7. The fraction of sp³-hybridized carbons (Fsp3) is 0.611. The van der Waals surface area contributed by atoms with Crippen LogP contribution in [0.15, 0.2) is 24.3 Å². The second-order valence-corrected chi connectivity index (χ2v) is 5.96. The monoisotopic (exact) mass is 355 g/mol. The number of amides is 1. The van der Waals surface area contributed by atoms with Crippen molar-refractivity contribution in [3.8, 4) is 5.75 Å². The van der Waals surface area contributed by atoms with Gasteiger partial charge in [0.25, 0.3) is 0 Å². The van der Waals surface area contributed by atoms with Gasteiger partial charge in [0.2, 0.25) is 5.91 Å². The Morgan fingerprint density at radius 1 is 1.38 bits per heavy atom. The average molecular weight is 356 g/mol. The third kappa shape index (κ3) is 5.65. The Kier molecular flexibility index (Phi) is 9.11. The third-order valence-electron chi connectivity index (χ3n) is 4.61. The van der Waals surface area contributed by atoms with Gasteiger partial charge in [-0.15, -0.1) is 12.4 Å². The molecule has 0 aliphatic carbocycles. The van der Waals surface area contributed by atoms with Gasteiger partial charge < -0.3 is 15.0 Å². The molecule has 0 radical (unpaired) electrons. The molecule has 0 saturated carbocycles. The molecule has 6 heteroatoms. The zero-order valence-corrected chi connectivity index (χ0v) is 15.8. The van der Waals surface area contributed by atoms with E-state index in [1.54, 1.807) is 7.11 Å². The highest BCUT2D eigenvalue weighted by Crippen LogP contribution is 2.24. The number of methoxy groups -OCH3 is 1. The van der Waals surface area contributed by atoms with Gasteiger partial charge >= 0.3 is 0 Å². The van der Waals surface area contributed by atoms with Gasteiger partial charge in [-0.25, -0.2) is 0 Å². The summed E-state index contributed by atoms with van der Waals surface area (Å²) in [5.74, 6) is 1.14. The quantitative estimate of drug-likeness (QED) is 0.815. The molecule has 136 valence electrons. The van der Waals surface area contributed by atoms with Crippen LogP contribution in [-0.4, -0.2) is 62.1 Å². The maximum Gasteiger partial charge on any atom is 0.223 e. The van der Waals surface area contributed by atoms with Gasteiger partial charge in [0.05, 0.1) is 7.11 Å². The molecule has 5 nitrogen and oxygen atoms in total. The van der Waals surface area contributed by atoms with Gasteiger partial charge in [-0.3, -0.25) is 9.69 Å². The first-order chi connectivity index (χ1) is 11.2. The number of nitrogens with one attached hydrogen (secondary N) is 1. The topological polar surface area (TPSA) is 44.8 Å². The highest BCUT2D eigenvalue weighted by molar-refractivity contribution is 5.85. The van der Waals surface area contributed by atoms with Gasteiger partial charge in [0, 0.05) is 45.2 Å². The summed E-state index contributed by atoms with van der Waals surface area (Å²) >= 11 is 0. The minimum Gasteiger partial charge on any atom is -0.497 e. The van der Waals surface area contributed by atoms with E-state index in [1.807, 2.05) is 17.0 Å². The number of halogens is 1. The summed E-state index contributed by atoms with van der Waals surface area (Å²) in [6.07, 6.45) is 0.585. The van der Waals surface area contributed by atoms with E-state index in [0.29, 0.717) is 6.42 Å². The van der Waals surface area contributed by atoms with Gasteiger partial charge in [-0.1, -0.05) is 19.1 Å². The van der Waals surface area contributed by atoms with Crippen LogP contribution in [0.5, 0.6) is 5.75 Å². The number of hydrogen-bond acceptors (Lipinski definition) is 4. The summed E-state index contributed by atoms with van der Waals surface area (Å²) in [6, 6.07) is 8.44. The maximum atomic E-state index is 12.3. The van der Waals surface area contributed by atoms with Crippen LogP contribution in [0.1, 0.15) is 31.9 Å². The highest BCUT2D eigenvalue weighted by atomic mass is 35.5. The van der Waals surface area contributed by atoms with Crippen molar-refractivity contribution >= 4 is 18.3 Å². The number of nitrogens with zero attached hydrogens (tertiary/aromatic N) is 2. The molecule has 1 aliphatic heterocycles. The largest absolute Gasteiger partial charge is 0.497 e. The molecule has 1 atom stereocenters. The number of piperazine rings is 1. The lowest BCUT2D eigenvalue weighted by atomic mass is 10.1. The van der Waals surface area contributed by atoms with Crippen LogP contribution in [0.4, 0.5) is 0 Å². The van der Waals surface area contributed by atoms with E-state index < -0.39 is 0 Å². The average Bonchev–Trinajstić information content (AvgIpc) is 2.62. The SMILES string of the molecule is CCN(CCC(=O)N1CCNCC1)C(C)c1cccc(OC)c1.Cl. The van der Waals surface area contributed by atoms with Crippen molar-refractivity contribution in [1.82, 2.24) is 15.1 Å². The number of benzene rings is 1. The molecule has 1 saturated heterocycles. The van der Waals surface area contributed by atoms with Crippen LogP contribution in [0.2, 0.25) is 0 Å². The maximum absolute atomic E-state index is 12.3. The van der Waals surface area contributed by atoms with E-state index >= 15 is 0 Å². The molecule has 1 aromatic rings. The van der Waals surface area contributed by atoms with E-state index in [1.165, 1.54) is 5.56 Å². The molecule has 1 aliphatic rings. The number of hydrogen-bond donors (Lipinski definition) is 1. The molecule has 1 amide bonds. The molecule has 1 heterocycles. The van der Waals surface area contributed by atoms with E-state index in [4.69, 9.17) is 4.74 Å². The lowest BCUT2D eigenvalue weighted by Crippen LogP contribution is -2.47. The van der Waals surface area contributed by atoms with Crippen LogP contribution in [0.25, 0.3) is 0 Å². The molecule has 1 unspecified atom stereocenters. The first-order valence-corrected chi connectivity index (χ1v) is 8.52. The molecule has 24 heavy (non-hydrogen) atoms. The summed E-state index contributed by atoms with van der Waals surface area (Å²) in [7, 11) is 1.69. The van der Waals surface area contributed by atoms with Crippen LogP contribution in [0.3, 0.4) is 0 Å². The van der Waals surface area contributed by atoms with Crippen molar-refractivity contribution in [3.63, 3.8) is 0 Å². The van der Waals surface area contributed by atoms with Crippen LogP contribution in [0, 0.1) is 0 Å². The molecule has 2 rings (SSSR count). The normalized spacial score (nSPS) is 15.8. The van der Waals surface area contributed by atoms with E-state index in [9.17, 15) is 4.79 Å². The van der Waals surface area contributed by atoms with Gasteiger partial charge in [0.15, 0.2) is 0 Å². The second kappa shape index (κ2) is 10.5. The number of ether oxygens (including phenoxy) is 1. The zero-order valence-electron chi connectivity index (χ0n) is 15.0. The molecule has 0 aromatic heterocycles. The van der Waals surface area contributed by atoms with Crippen molar-refractivity contribution < 1.29 is 9.53 Å². The molecular formula is C18H30ClN3O2. The molecule has 1 aromatic carbocycles. The smallest absolute Gasteiger partial charge is 0.223 e. The van der Waals surface area contributed by atoms with Crippen molar-refractivity contribution in [2.75, 3.05) is 46.4 Å². The summed E-state index contributed by atoms with van der Waals surface area (Å²) < 4.78 is 5.31. The predicted octanol–water partition coefficient (Wildman–Crippen LogP) is 2.32. The summed E-state index contributed by atoms with van der Waals surface area (Å²) in [5.41, 5.74) is 1.22. The van der Waals surface area contributed by atoms with Crippen LogP contribution >= 0.6 is 12.4 Å². The van der Waals surface area contributed by atoms with Gasteiger partial charge in [-0.2, -0.15) is 0 Å². The lowest BCUT2D eigenvalue weighted by molar-refractivity contribution is -0.132. The van der Waals surface area contributed by atoms with Crippen molar-refractivity contribution in [1.29, 1.82) is 0 Å². The first-order valence-electron chi connectivity index (χ1n) is 8.52. The van der Waals surface area contributed by atoms with Crippen molar-refractivity contribution in [2.45, 2.75) is 26.3 Å². The number of carbonyl (C=O) groups excluding carboxylic acids is 1. The minimum absolute atomic E-state index is 0. The molecule has 0 bridgehead atoms. The minimum atomic E-state index is 0. The third-order valence-corrected chi connectivity index (χ3v) is 4.61.